The Hall–Kier alpha value is -5.74. The Bertz CT molecular complexity index is 2460. The first kappa shape index (κ1) is 23.0. The molecule has 4 aromatic heterocycles. The minimum Gasteiger partial charge on any atom is -0.455 e. The highest BCUT2D eigenvalue weighted by Gasteiger charge is 2.23. The summed E-state index contributed by atoms with van der Waals surface area (Å²) in [5, 5.41) is 5.49. The van der Waals surface area contributed by atoms with E-state index in [1.807, 2.05) is 24.5 Å². The Morgan fingerprint density at radius 1 is 0.548 bits per heavy atom. The SMILES string of the molecule is c1ccc(-c2oc3c(ccc4c3c3ccccc3n4-c3cnc4c(ccc5cccnc54)c3)c2-c2ccccc2)cc1. The van der Waals surface area contributed by atoms with Crippen molar-refractivity contribution in [1.29, 1.82) is 0 Å². The van der Waals surface area contributed by atoms with Crippen molar-refractivity contribution >= 4 is 54.6 Å². The van der Waals surface area contributed by atoms with E-state index in [0.717, 1.165) is 82.7 Å². The smallest absolute Gasteiger partial charge is 0.145 e. The number of rotatable bonds is 3. The molecular weight excluding hydrogens is 514 g/mol. The van der Waals surface area contributed by atoms with Crippen molar-refractivity contribution in [1.82, 2.24) is 14.5 Å². The lowest BCUT2D eigenvalue weighted by Gasteiger charge is -2.09. The van der Waals surface area contributed by atoms with Gasteiger partial charge in [-0.15, -0.1) is 0 Å². The summed E-state index contributed by atoms with van der Waals surface area (Å²) in [6, 6.07) is 44.4. The van der Waals surface area contributed by atoms with E-state index in [4.69, 9.17) is 9.40 Å². The summed E-state index contributed by atoms with van der Waals surface area (Å²) in [4.78, 5) is 9.55. The number of nitrogens with zero attached hydrogens (tertiary/aromatic N) is 3. The van der Waals surface area contributed by atoms with Gasteiger partial charge in [-0.05, 0) is 35.9 Å². The van der Waals surface area contributed by atoms with E-state index in [2.05, 4.69) is 125 Å². The Kier molecular flexibility index (Phi) is 4.87. The molecule has 4 nitrogen and oxygen atoms in total. The van der Waals surface area contributed by atoms with E-state index in [1.165, 1.54) is 0 Å². The molecule has 9 aromatic rings. The van der Waals surface area contributed by atoms with Crippen LogP contribution in [0.1, 0.15) is 0 Å². The van der Waals surface area contributed by atoms with Gasteiger partial charge in [-0.1, -0.05) is 97.1 Å². The van der Waals surface area contributed by atoms with E-state index >= 15 is 0 Å². The normalized spacial score (nSPS) is 11.8. The molecule has 0 radical (unpaired) electrons. The van der Waals surface area contributed by atoms with Gasteiger partial charge in [0.25, 0.3) is 0 Å². The van der Waals surface area contributed by atoms with Gasteiger partial charge in [-0.2, -0.15) is 0 Å². The van der Waals surface area contributed by atoms with Crippen molar-refractivity contribution < 1.29 is 4.42 Å². The maximum atomic E-state index is 6.89. The second-order valence-electron chi connectivity index (χ2n) is 10.6. The highest BCUT2D eigenvalue weighted by atomic mass is 16.3. The molecule has 42 heavy (non-hydrogen) atoms. The first-order valence-electron chi connectivity index (χ1n) is 14.1. The number of aromatic nitrogens is 3. The number of furan rings is 1. The monoisotopic (exact) mass is 537 g/mol. The van der Waals surface area contributed by atoms with E-state index in [-0.39, 0.29) is 0 Å². The molecule has 196 valence electrons. The standard InChI is InChI=1S/C38H23N3O/c1-3-10-24(11-4-1)33-30-19-20-32-34(38(30)42-37(33)26-12-5-2-6-13-26)29-15-7-8-16-31(29)41(32)28-22-27-18-17-25-14-9-21-39-35(25)36(27)40-23-28/h1-23H. The highest BCUT2D eigenvalue weighted by molar-refractivity contribution is 6.22. The Labute approximate surface area is 241 Å². The highest BCUT2D eigenvalue weighted by Crippen LogP contribution is 2.46. The summed E-state index contributed by atoms with van der Waals surface area (Å²) >= 11 is 0. The zero-order valence-electron chi connectivity index (χ0n) is 22.5. The Morgan fingerprint density at radius 2 is 1.29 bits per heavy atom. The average molecular weight is 538 g/mol. The van der Waals surface area contributed by atoms with Crippen molar-refractivity contribution in [3.8, 4) is 28.1 Å². The van der Waals surface area contributed by atoms with Crippen LogP contribution in [0, 0.1) is 0 Å². The first-order chi connectivity index (χ1) is 20.8. The number of hydrogen-bond acceptors (Lipinski definition) is 3. The van der Waals surface area contributed by atoms with E-state index in [0.29, 0.717) is 0 Å². The fourth-order valence-corrected chi connectivity index (χ4v) is 6.42. The summed E-state index contributed by atoms with van der Waals surface area (Å²) in [7, 11) is 0. The maximum Gasteiger partial charge on any atom is 0.145 e. The fourth-order valence-electron chi connectivity index (χ4n) is 6.42. The van der Waals surface area contributed by atoms with Crippen molar-refractivity contribution in [3.63, 3.8) is 0 Å². The van der Waals surface area contributed by atoms with Crippen LogP contribution < -0.4 is 0 Å². The van der Waals surface area contributed by atoms with Gasteiger partial charge in [0, 0.05) is 38.9 Å². The minimum atomic E-state index is 0.882. The molecule has 0 amide bonds. The molecule has 0 atom stereocenters. The van der Waals surface area contributed by atoms with Crippen LogP contribution in [0.2, 0.25) is 0 Å². The minimum absolute atomic E-state index is 0.882. The van der Waals surface area contributed by atoms with Gasteiger partial charge in [-0.25, -0.2) is 0 Å². The van der Waals surface area contributed by atoms with Gasteiger partial charge in [0.05, 0.1) is 39.3 Å². The van der Waals surface area contributed by atoms with E-state index in [1.54, 1.807) is 0 Å². The van der Waals surface area contributed by atoms with E-state index < -0.39 is 0 Å². The van der Waals surface area contributed by atoms with Crippen molar-refractivity contribution in [2.75, 3.05) is 0 Å². The molecule has 0 N–H and O–H groups in total. The molecule has 0 fully saturated rings. The van der Waals surface area contributed by atoms with Crippen LogP contribution in [0.5, 0.6) is 0 Å². The second kappa shape index (κ2) is 8.88. The lowest BCUT2D eigenvalue weighted by molar-refractivity contribution is 0.636. The quantitative estimate of drug-likeness (QED) is 0.211. The van der Waals surface area contributed by atoms with Gasteiger partial charge in [-0.3, -0.25) is 9.97 Å². The van der Waals surface area contributed by atoms with Crippen molar-refractivity contribution in [2.45, 2.75) is 0 Å². The van der Waals surface area contributed by atoms with Gasteiger partial charge < -0.3 is 8.98 Å². The largest absolute Gasteiger partial charge is 0.455 e. The number of fused-ring (bicyclic) bond motifs is 8. The third-order valence-electron chi connectivity index (χ3n) is 8.26. The fraction of sp³-hybridized carbons (Fsp3) is 0. The number of hydrogen-bond donors (Lipinski definition) is 0. The number of pyridine rings is 2. The van der Waals surface area contributed by atoms with Crippen LogP contribution in [-0.4, -0.2) is 14.5 Å². The van der Waals surface area contributed by atoms with E-state index in [9.17, 15) is 0 Å². The molecule has 5 aromatic carbocycles. The molecule has 0 unspecified atom stereocenters. The van der Waals surface area contributed by atoms with Crippen LogP contribution in [0.3, 0.4) is 0 Å². The molecule has 0 saturated heterocycles. The van der Waals surface area contributed by atoms with Gasteiger partial charge in [0.2, 0.25) is 0 Å². The molecule has 0 spiro atoms. The van der Waals surface area contributed by atoms with Crippen molar-refractivity contribution in [2.24, 2.45) is 0 Å². The molecule has 0 saturated carbocycles. The number of para-hydroxylation sites is 1. The Balaban J connectivity index is 1.37. The molecule has 0 bridgehead atoms. The summed E-state index contributed by atoms with van der Waals surface area (Å²) in [5.74, 6) is 0.882. The predicted molar refractivity (Wildman–Crippen MR) is 172 cm³/mol. The van der Waals surface area contributed by atoms with Gasteiger partial charge in [0.15, 0.2) is 0 Å². The Morgan fingerprint density at radius 3 is 2.14 bits per heavy atom. The predicted octanol–water partition coefficient (Wildman–Crippen LogP) is 9.96. The van der Waals surface area contributed by atoms with Crippen LogP contribution in [0.4, 0.5) is 0 Å². The summed E-state index contributed by atoms with van der Waals surface area (Å²) < 4.78 is 9.19. The maximum absolute atomic E-state index is 6.89. The van der Waals surface area contributed by atoms with Gasteiger partial charge in [0.1, 0.15) is 11.3 Å². The third-order valence-corrected chi connectivity index (χ3v) is 8.26. The topological polar surface area (TPSA) is 43.9 Å². The molecule has 0 aliphatic carbocycles. The summed E-state index contributed by atoms with van der Waals surface area (Å²) in [6.45, 7) is 0. The molecule has 9 rings (SSSR count). The second-order valence-corrected chi connectivity index (χ2v) is 10.6. The van der Waals surface area contributed by atoms with Crippen LogP contribution in [0.25, 0.3) is 82.7 Å². The van der Waals surface area contributed by atoms with Crippen LogP contribution >= 0.6 is 0 Å². The molecule has 4 heterocycles. The van der Waals surface area contributed by atoms with Gasteiger partial charge >= 0.3 is 0 Å². The molecular formula is C38H23N3O. The number of benzene rings is 5. The first-order valence-corrected chi connectivity index (χ1v) is 14.1. The van der Waals surface area contributed by atoms with Crippen molar-refractivity contribution in [3.05, 3.63) is 140 Å². The average Bonchev–Trinajstić information content (AvgIpc) is 3.61. The molecule has 0 aliphatic heterocycles. The summed E-state index contributed by atoms with van der Waals surface area (Å²) in [6.07, 6.45) is 3.78. The molecule has 4 heteroatoms. The zero-order valence-corrected chi connectivity index (χ0v) is 22.5. The third kappa shape index (κ3) is 3.29. The zero-order chi connectivity index (χ0) is 27.6. The summed E-state index contributed by atoms with van der Waals surface area (Å²) in [5.41, 5.74) is 9.22. The molecule has 0 aliphatic rings. The lowest BCUT2D eigenvalue weighted by Crippen LogP contribution is -1.95. The van der Waals surface area contributed by atoms with Crippen LogP contribution in [-0.2, 0) is 0 Å². The lowest BCUT2D eigenvalue weighted by atomic mass is 9.98. The van der Waals surface area contributed by atoms with Crippen LogP contribution in [0.15, 0.2) is 144 Å².